The summed E-state index contributed by atoms with van der Waals surface area (Å²) < 4.78 is 10.7. The Bertz CT molecular complexity index is 201. The molecule has 3 nitrogen and oxygen atoms in total. The van der Waals surface area contributed by atoms with Gasteiger partial charge in [0.05, 0.1) is 5.71 Å². The Kier molecular flexibility index (Phi) is 7.14. The number of ether oxygens (including phenoxy) is 2. The highest BCUT2D eigenvalue weighted by Gasteiger charge is 2.29. The second kappa shape index (κ2) is 7.20. The summed E-state index contributed by atoms with van der Waals surface area (Å²) in [6.07, 6.45) is 1.69. The summed E-state index contributed by atoms with van der Waals surface area (Å²) in [4.78, 5) is 4.54. The van der Waals surface area contributed by atoms with Gasteiger partial charge in [0, 0.05) is 26.1 Å². The molecule has 0 amide bonds. The zero-order chi connectivity index (χ0) is 11.9. The number of alkyl halides is 1. The first kappa shape index (κ1) is 14.9. The fourth-order valence-corrected chi connectivity index (χ4v) is 1.41. The Hall–Kier alpha value is -0.120. The lowest BCUT2D eigenvalue weighted by atomic mass is 10.1. The van der Waals surface area contributed by atoms with Gasteiger partial charge in [0.2, 0.25) is 5.79 Å². The summed E-state index contributed by atoms with van der Waals surface area (Å²) in [6, 6.07) is 0.236. The SMILES string of the molecule is COC(C)(OC)C(CCCCl)=NC(C)C. The molecule has 0 aromatic rings. The molecule has 0 rings (SSSR count). The van der Waals surface area contributed by atoms with Crippen LogP contribution in [0.25, 0.3) is 0 Å². The van der Waals surface area contributed by atoms with Crippen molar-refractivity contribution in [1.82, 2.24) is 0 Å². The first-order chi connectivity index (χ1) is 7.00. The maximum absolute atomic E-state index is 5.68. The molecule has 0 bridgehead atoms. The molecule has 0 atom stereocenters. The van der Waals surface area contributed by atoms with Gasteiger partial charge in [-0.25, -0.2) is 0 Å². The molecule has 0 aliphatic heterocycles. The van der Waals surface area contributed by atoms with Crippen molar-refractivity contribution >= 4 is 17.3 Å². The number of hydrogen-bond donors (Lipinski definition) is 0. The van der Waals surface area contributed by atoms with Crippen LogP contribution in [0, 0.1) is 0 Å². The van der Waals surface area contributed by atoms with Gasteiger partial charge in [-0.2, -0.15) is 0 Å². The van der Waals surface area contributed by atoms with Crippen molar-refractivity contribution in [3.63, 3.8) is 0 Å². The molecule has 0 aliphatic rings. The van der Waals surface area contributed by atoms with Gasteiger partial charge in [0.25, 0.3) is 0 Å². The predicted octanol–water partition coefficient (Wildman–Crippen LogP) is 2.86. The third-order valence-electron chi connectivity index (χ3n) is 2.26. The lowest BCUT2D eigenvalue weighted by molar-refractivity contribution is -0.140. The zero-order valence-corrected chi connectivity index (χ0v) is 11.1. The van der Waals surface area contributed by atoms with Crippen LogP contribution in [0.5, 0.6) is 0 Å². The number of methoxy groups -OCH3 is 2. The van der Waals surface area contributed by atoms with Gasteiger partial charge < -0.3 is 9.47 Å². The van der Waals surface area contributed by atoms with Crippen molar-refractivity contribution < 1.29 is 9.47 Å². The Morgan fingerprint density at radius 2 is 1.87 bits per heavy atom. The number of hydrogen-bond acceptors (Lipinski definition) is 3. The standard InChI is InChI=1S/C11H22ClNO2/c1-9(2)13-10(7-6-8-12)11(3,14-4)15-5/h9H,6-8H2,1-5H3. The van der Waals surface area contributed by atoms with Gasteiger partial charge in [-0.05, 0) is 33.6 Å². The number of halogens is 1. The number of nitrogens with zero attached hydrogens (tertiary/aromatic N) is 1. The van der Waals surface area contributed by atoms with E-state index in [1.165, 1.54) is 0 Å². The lowest BCUT2D eigenvalue weighted by Gasteiger charge is -2.28. The highest BCUT2D eigenvalue weighted by molar-refractivity contribution is 6.18. The second-order valence-electron chi connectivity index (χ2n) is 3.82. The Labute approximate surface area is 97.8 Å². The Morgan fingerprint density at radius 3 is 2.20 bits per heavy atom. The molecule has 4 heteroatoms. The van der Waals surface area contributed by atoms with E-state index in [4.69, 9.17) is 21.1 Å². The normalized spacial score (nSPS) is 13.7. The van der Waals surface area contributed by atoms with Crippen LogP contribution in [-0.2, 0) is 9.47 Å². The van der Waals surface area contributed by atoms with Crippen molar-refractivity contribution in [2.45, 2.75) is 45.4 Å². The molecule has 0 unspecified atom stereocenters. The third kappa shape index (κ3) is 4.96. The van der Waals surface area contributed by atoms with E-state index in [0.29, 0.717) is 5.88 Å². The zero-order valence-electron chi connectivity index (χ0n) is 10.3. The first-order valence-electron chi connectivity index (χ1n) is 5.23. The van der Waals surface area contributed by atoms with Crippen LogP contribution >= 0.6 is 11.6 Å². The smallest absolute Gasteiger partial charge is 0.204 e. The van der Waals surface area contributed by atoms with Crippen LogP contribution in [0.3, 0.4) is 0 Å². The highest BCUT2D eigenvalue weighted by Crippen LogP contribution is 2.17. The van der Waals surface area contributed by atoms with E-state index in [9.17, 15) is 0 Å². The summed E-state index contributed by atoms with van der Waals surface area (Å²) in [5.41, 5.74) is 0.920. The van der Waals surface area contributed by atoms with Crippen LogP contribution in [0.4, 0.5) is 0 Å². The highest BCUT2D eigenvalue weighted by atomic mass is 35.5. The fraction of sp³-hybridized carbons (Fsp3) is 0.909. The van der Waals surface area contributed by atoms with Gasteiger partial charge in [-0.1, -0.05) is 0 Å². The minimum absolute atomic E-state index is 0.236. The molecule has 0 spiro atoms. The van der Waals surface area contributed by atoms with Crippen LogP contribution < -0.4 is 0 Å². The van der Waals surface area contributed by atoms with Crippen LogP contribution in [0.2, 0.25) is 0 Å². The predicted molar refractivity (Wildman–Crippen MR) is 64.9 cm³/mol. The minimum atomic E-state index is -0.726. The molecular weight excluding hydrogens is 214 g/mol. The van der Waals surface area contributed by atoms with Crippen molar-refractivity contribution in [3.8, 4) is 0 Å². The first-order valence-corrected chi connectivity index (χ1v) is 5.77. The van der Waals surface area contributed by atoms with Gasteiger partial charge >= 0.3 is 0 Å². The van der Waals surface area contributed by atoms with Crippen molar-refractivity contribution in [2.24, 2.45) is 4.99 Å². The van der Waals surface area contributed by atoms with E-state index in [1.807, 2.05) is 20.8 Å². The molecule has 0 aromatic carbocycles. The molecule has 0 aromatic heterocycles. The number of aliphatic imine (C=N–C) groups is 1. The van der Waals surface area contributed by atoms with E-state index >= 15 is 0 Å². The van der Waals surface area contributed by atoms with Crippen LogP contribution in [0.15, 0.2) is 4.99 Å². The van der Waals surface area contributed by atoms with Gasteiger partial charge in [-0.15, -0.1) is 11.6 Å². The average Bonchev–Trinajstić information content (AvgIpc) is 2.22. The Balaban J connectivity index is 4.74. The van der Waals surface area contributed by atoms with E-state index in [1.54, 1.807) is 14.2 Å². The summed E-state index contributed by atoms with van der Waals surface area (Å²) in [6.45, 7) is 5.95. The number of rotatable bonds is 7. The van der Waals surface area contributed by atoms with E-state index in [2.05, 4.69) is 4.99 Å². The van der Waals surface area contributed by atoms with Crippen LogP contribution in [-0.4, -0.2) is 37.6 Å². The molecule has 15 heavy (non-hydrogen) atoms. The third-order valence-corrected chi connectivity index (χ3v) is 2.53. The van der Waals surface area contributed by atoms with Gasteiger partial charge in [-0.3, -0.25) is 4.99 Å². The summed E-state index contributed by atoms with van der Waals surface area (Å²) in [5, 5.41) is 0. The molecular formula is C11H22ClNO2. The maximum atomic E-state index is 5.68. The quantitative estimate of drug-likeness (QED) is 0.386. The maximum Gasteiger partial charge on any atom is 0.204 e. The molecule has 0 fully saturated rings. The molecule has 0 saturated heterocycles. The van der Waals surface area contributed by atoms with Gasteiger partial charge in [0.15, 0.2) is 0 Å². The van der Waals surface area contributed by atoms with E-state index < -0.39 is 5.79 Å². The molecule has 90 valence electrons. The molecule has 0 heterocycles. The summed E-state index contributed by atoms with van der Waals surface area (Å²) in [7, 11) is 3.25. The molecule has 0 N–H and O–H groups in total. The van der Waals surface area contributed by atoms with E-state index in [-0.39, 0.29) is 6.04 Å². The van der Waals surface area contributed by atoms with Crippen LogP contribution in [0.1, 0.15) is 33.6 Å². The minimum Gasteiger partial charge on any atom is -0.349 e. The lowest BCUT2D eigenvalue weighted by Crippen LogP contribution is -2.40. The van der Waals surface area contributed by atoms with Gasteiger partial charge in [0.1, 0.15) is 0 Å². The summed E-state index contributed by atoms with van der Waals surface area (Å²) >= 11 is 5.68. The second-order valence-corrected chi connectivity index (χ2v) is 4.19. The van der Waals surface area contributed by atoms with E-state index in [0.717, 1.165) is 18.6 Å². The molecule has 0 aliphatic carbocycles. The average molecular weight is 236 g/mol. The van der Waals surface area contributed by atoms with Crippen molar-refractivity contribution in [3.05, 3.63) is 0 Å². The Morgan fingerprint density at radius 1 is 1.33 bits per heavy atom. The monoisotopic (exact) mass is 235 g/mol. The van der Waals surface area contributed by atoms with Crippen molar-refractivity contribution in [2.75, 3.05) is 20.1 Å². The largest absolute Gasteiger partial charge is 0.349 e. The summed E-state index contributed by atoms with van der Waals surface area (Å²) in [5.74, 6) is -0.100. The topological polar surface area (TPSA) is 30.8 Å². The molecule has 0 radical (unpaired) electrons. The molecule has 0 saturated carbocycles. The van der Waals surface area contributed by atoms with Crippen molar-refractivity contribution in [1.29, 1.82) is 0 Å². The fourth-order valence-electron chi connectivity index (χ4n) is 1.27.